The van der Waals surface area contributed by atoms with Gasteiger partial charge in [-0.2, -0.15) is 13.2 Å². The standard InChI is InChI=1S/C20H27N3O3.C2HF3O2/c1-15-14-22-19(25)20(9-11-21-12-10-20)8-4-5-13-26-17-7-3-2-6-16(17)18(24)23-15;3-2(4,5)1(6)7/h2-7,15,21H,8-14H2,1H3,(H,22,25)(H,23,24);(H,6,7)/b5-4+;/t15-;/m0./s1. The fraction of sp³-hybridized carbons (Fsp3) is 0.500. The van der Waals surface area contributed by atoms with Gasteiger partial charge in [0.1, 0.15) is 12.4 Å². The molecule has 0 aliphatic carbocycles. The summed E-state index contributed by atoms with van der Waals surface area (Å²) in [5.74, 6) is -2.31. The van der Waals surface area contributed by atoms with E-state index in [2.05, 4.69) is 16.0 Å². The molecule has 8 nitrogen and oxygen atoms in total. The van der Waals surface area contributed by atoms with Crippen LogP contribution >= 0.6 is 0 Å². The number of para-hydroxylation sites is 1. The van der Waals surface area contributed by atoms with Crippen LogP contribution in [0.25, 0.3) is 0 Å². The van der Waals surface area contributed by atoms with Gasteiger partial charge >= 0.3 is 12.1 Å². The normalized spacial score (nSPS) is 22.2. The lowest BCUT2D eigenvalue weighted by molar-refractivity contribution is -0.192. The van der Waals surface area contributed by atoms with Gasteiger partial charge in [-0.3, -0.25) is 9.59 Å². The van der Waals surface area contributed by atoms with Gasteiger partial charge in [-0.15, -0.1) is 0 Å². The number of amides is 2. The van der Waals surface area contributed by atoms with Crippen LogP contribution in [-0.4, -0.2) is 61.3 Å². The van der Waals surface area contributed by atoms with Crippen LogP contribution in [0.3, 0.4) is 0 Å². The number of fused-ring (bicyclic) bond motifs is 1. The first-order valence-corrected chi connectivity index (χ1v) is 10.5. The summed E-state index contributed by atoms with van der Waals surface area (Å²) in [5, 5.41) is 16.4. The van der Waals surface area contributed by atoms with Gasteiger partial charge in [-0.25, -0.2) is 4.79 Å². The number of carboxylic acid groups (broad SMARTS) is 1. The minimum absolute atomic E-state index is 0.0723. The predicted octanol–water partition coefficient (Wildman–Crippen LogP) is 2.26. The van der Waals surface area contributed by atoms with E-state index in [1.54, 1.807) is 12.1 Å². The Kier molecular flexibility index (Phi) is 9.27. The number of allylic oxidation sites excluding steroid dienone is 1. The molecule has 182 valence electrons. The number of ether oxygens (including phenoxy) is 1. The molecule has 1 aromatic carbocycles. The summed E-state index contributed by atoms with van der Waals surface area (Å²) in [6.45, 7) is 4.36. The largest absolute Gasteiger partial charge is 0.490 e. The molecule has 1 fully saturated rings. The molecule has 3 rings (SSSR count). The van der Waals surface area contributed by atoms with Crippen molar-refractivity contribution in [3.8, 4) is 5.75 Å². The smallest absolute Gasteiger partial charge is 0.489 e. The molecule has 0 saturated carbocycles. The summed E-state index contributed by atoms with van der Waals surface area (Å²) in [4.78, 5) is 34.3. The van der Waals surface area contributed by atoms with Crippen molar-refractivity contribution in [2.75, 3.05) is 26.2 Å². The molecular weight excluding hydrogens is 443 g/mol. The molecule has 1 aromatic rings. The number of aliphatic carboxylic acids is 1. The molecule has 0 unspecified atom stereocenters. The van der Waals surface area contributed by atoms with Crippen LogP contribution in [0.5, 0.6) is 5.75 Å². The van der Waals surface area contributed by atoms with E-state index in [0.717, 1.165) is 25.9 Å². The molecule has 0 radical (unpaired) electrons. The fourth-order valence-corrected chi connectivity index (χ4v) is 3.51. The molecule has 0 bridgehead atoms. The number of benzene rings is 1. The molecule has 2 amide bonds. The Morgan fingerprint density at radius 2 is 1.79 bits per heavy atom. The molecule has 0 aromatic heterocycles. The average Bonchev–Trinajstić information content (AvgIpc) is 2.77. The summed E-state index contributed by atoms with van der Waals surface area (Å²) < 4.78 is 37.5. The number of hydrogen-bond acceptors (Lipinski definition) is 5. The van der Waals surface area contributed by atoms with Crippen LogP contribution in [0.15, 0.2) is 36.4 Å². The van der Waals surface area contributed by atoms with Crippen molar-refractivity contribution in [1.82, 2.24) is 16.0 Å². The van der Waals surface area contributed by atoms with Crippen LogP contribution < -0.4 is 20.7 Å². The minimum Gasteiger partial charge on any atom is -0.489 e. The number of alkyl halides is 3. The van der Waals surface area contributed by atoms with Crippen LogP contribution in [0.1, 0.15) is 36.5 Å². The Morgan fingerprint density at radius 3 is 2.42 bits per heavy atom. The Morgan fingerprint density at radius 1 is 1.15 bits per heavy atom. The van der Waals surface area contributed by atoms with Gasteiger partial charge in [0.25, 0.3) is 5.91 Å². The maximum atomic E-state index is 12.9. The van der Waals surface area contributed by atoms with Gasteiger partial charge in [0.05, 0.1) is 11.0 Å². The lowest BCUT2D eigenvalue weighted by atomic mass is 9.75. The molecular formula is C22H28F3N3O5. The van der Waals surface area contributed by atoms with Crippen molar-refractivity contribution in [3.05, 3.63) is 42.0 Å². The van der Waals surface area contributed by atoms with Gasteiger partial charge in [0.15, 0.2) is 0 Å². The average molecular weight is 471 g/mol. The van der Waals surface area contributed by atoms with Gasteiger partial charge < -0.3 is 25.8 Å². The summed E-state index contributed by atoms with van der Waals surface area (Å²) in [7, 11) is 0. The Bertz CT molecular complexity index is 867. The van der Waals surface area contributed by atoms with E-state index in [9.17, 15) is 22.8 Å². The highest BCUT2D eigenvalue weighted by molar-refractivity contribution is 5.97. The monoisotopic (exact) mass is 471 g/mol. The molecule has 4 N–H and O–H groups in total. The van der Waals surface area contributed by atoms with Gasteiger partial charge in [0.2, 0.25) is 5.91 Å². The topological polar surface area (TPSA) is 117 Å². The quantitative estimate of drug-likeness (QED) is 0.432. The first kappa shape index (κ1) is 26.2. The molecule has 1 saturated heterocycles. The number of carbonyl (C=O) groups excluding carboxylic acids is 2. The van der Waals surface area contributed by atoms with E-state index in [0.29, 0.717) is 30.9 Å². The molecule has 11 heteroatoms. The first-order valence-electron chi connectivity index (χ1n) is 10.5. The number of rotatable bonds is 0. The summed E-state index contributed by atoms with van der Waals surface area (Å²) in [6.07, 6.45) is 1.20. The second kappa shape index (κ2) is 11.7. The van der Waals surface area contributed by atoms with Crippen molar-refractivity contribution >= 4 is 17.8 Å². The number of piperidine rings is 1. The van der Waals surface area contributed by atoms with Crippen molar-refractivity contribution in [1.29, 1.82) is 0 Å². The Hall–Kier alpha value is -3.08. The Balaban J connectivity index is 0.000000479. The van der Waals surface area contributed by atoms with Crippen molar-refractivity contribution in [2.24, 2.45) is 5.41 Å². The van der Waals surface area contributed by atoms with E-state index >= 15 is 0 Å². The molecule has 2 heterocycles. The third-order valence-electron chi connectivity index (χ3n) is 5.37. The summed E-state index contributed by atoms with van der Waals surface area (Å²) in [5.41, 5.74) is 0.124. The third-order valence-corrected chi connectivity index (χ3v) is 5.37. The zero-order valence-electron chi connectivity index (χ0n) is 18.2. The van der Waals surface area contributed by atoms with Crippen molar-refractivity contribution < 1.29 is 37.4 Å². The maximum absolute atomic E-state index is 12.9. The molecule has 1 atom stereocenters. The van der Waals surface area contributed by atoms with Crippen LogP contribution in [0, 0.1) is 5.41 Å². The highest BCUT2D eigenvalue weighted by Crippen LogP contribution is 2.33. The van der Waals surface area contributed by atoms with Gasteiger partial charge in [-0.1, -0.05) is 24.3 Å². The Labute approximate surface area is 189 Å². The van der Waals surface area contributed by atoms with Crippen LogP contribution in [0.4, 0.5) is 13.2 Å². The van der Waals surface area contributed by atoms with Gasteiger partial charge in [0, 0.05) is 12.6 Å². The minimum atomic E-state index is -5.08. The van der Waals surface area contributed by atoms with E-state index in [-0.39, 0.29) is 23.3 Å². The third kappa shape index (κ3) is 7.77. The number of nitrogens with one attached hydrogen (secondary N) is 3. The van der Waals surface area contributed by atoms with E-state index in [1.165, 1.54) is 0 Å². The van der Waals surface area contributed by atoms with Crippen molar-refractivity contribution in [2.45, 2.75) is 38.4 Å². The zero-order valence-corrected chi connectivity index (χ0v) is 18.2. The molecule has 2 aliphatic heterocycles. The van der Waals surface area contributed by atoms with Crippen molar-refractivity contribution in [3.63, 3.8) is 0 Å². The van der Waals surface area contributed by atoms with E-state index in [1.807, 2.05) is 31.2 Å². The molecule has 1 spiro atoms. The summed E-state index contributed by atoms with van der Waals surface area (Å²) >= 11 is 0. The van der Waals surface area contributed by atoms with E-state index < -0.39 is 12.1 Å². The first-order chi connectivity index (χ1) is 15.5. The number of carboxylic acids is 1. The van der Waals surface area contributed by atoms with Crippen LogP contribution in [-0.2, 0) is 9.59 Å². The second-order valence-electron chi connectivity index (χ2n) is 7.90. The lowest BCUT2D eigenvalue weighted by Gasteiger charge is -2.36. The lowest BCUT2D eigenvalue weighted by Crippen LogP contribution is -2.50. The number of hydrogen-bond donors (Lipinski definition) is 4. The number of halogens is 3. The highest BCUT2D eigenvalue weighted by atomic mass is 19.4. The SMILES string of the molecule is C[C@H]1CNC(=O)C2(C/C=C/COc3ccccc3C(=O)N1)CCNCC2.O=C(O)C(F)(F)F. The van der Waals surface area contributed by atoms with E-state index in [4.69, 9.17) is 14.6 Å². The van der Waals surface area contributed by atoms with Crippen LogP contribution in [0.2, 0.25) is 0 Å². The highest BCUT2D eigenvalue weighted by Gasteiger charge is 2.39. The number of carbonyl (C=O) groups is 3. The summed E-state index contributed by atoms with van der Waals surface area (Å²) in [6, 6.07) is 7.04. The molecule has 2 aliphatic rings. The predicted molar refractivity (Wildman–Crippen MR) is 114 cm³/mol. The fourth-order valence-electron chi connectivity index (χ4n) is 3.51. The van der Waals surface area contributed by atoms with Gasteiger partial charge in [-0.05, 0) is 51.4 Å². The maximum Gasteiger partial charge on any atom is 0.490 e. The molecule has 33 heavy (non-hydrogen) atoms. The second-order valence-corrected chi connectivity index (χ2v) is 7.90. The zero-order chi connectivity index (χ0) is 24.5.